The van der Waals surface area contributed by atoms with Gasteiger partial charge in [0.25, 0.3) is 0 Å². The van der Waals surface area contributed by atoms with Crippen molar-refractivity contribution in [2.24, 2.45) is 0 Å². The summed E-state index contributed by atoms with van der Waals surface area (Å²) < 4.78 is 34.7. The van der Waals surface area contributed by atoms with Crippen molar-refractivity contribution in [1.82, 2.24) is 0 Å². The fraction of sp³-hybridized carbons (Fsp3) is 0.318. The van der Waals surface area contributed by atoms with Crippen LogP contribution in [0.15, 0.2) is 41.0 Å². The van der Waals surface area contributed by atoms with Crippen molar-refractivity contribution in [3.05, 3.63) is 47.7 Å². The monoisotopic (exact) mass is 396 g/mol. The van der Waals surface area contributed by atoms with E-state index in [0.29, 0.717) is 29.2 Å². The highest BCUT2D eigenvalue weighted by molar-refractivity contribution is 5.86. The first kappa shape index (κ1) is 17.7. The predicted octanol–water partition coefficient (Wildman–Crippen LogP) is 3.60. The third-order valence-corrected chi connectivity index (χ3v) is 5.56. The Morgan fingerprint density at radius 1 is 1.14 bits per heavy atom. The Bertz CT molecular complexity index is 1120. The van der Waals surface area contributed by atoms with Crippen LogP contribution < -0.4 is 18.9 Å². The molecule has 0 N–H and O–H groups in total. The molecule has 0 fully saturated rings. The first-order chi connectivity index (χ1) is 14.1. The topological polar surface area (TPSA) is 76.4 Å². The van der Waals surface area contributed by atoms with E-state index in [0.717, 1.165) is 22.3 Å². The lowest BCUT2D eigenvalue weighted by molar-refractivity contribution is -0.180. The van der Waals surface area contributed by atoms with E-state index in [2.05, 4.69) is 0 Å². The van der Waals surface area contributed by atoms with Crippen LogP contribution in [0.3, 0.4) is 0 Å². The van der Waals surface area contributed by atoms with Gasteiger partial charge in [-0.05, 0) is 23.8 Å². The maximum Gasteiger partial charge on any atom is 0.303 e. The quantitative estimate of drug-likeness (QED) is 0.626. The van der Waals surface area contributed by atoms with Crippen molar-refractivity contribution in [2.45, 2.75) is 25.0 Å². The number of carbonyl (C=O) groups excluding carboxylic acids is 1. The molecular weight excluding hydrogens is 376 g/mol. The van der Waals surface area contributed by atoms with E-state index in [1.54, 1.807) is 32.6 Å². The van der Waals surface area contributed by atoms with Crippen molar-refractivity contribution < 1.29 is 32.9 Å². The number of benzene rings is 2. The summed E-state index contributed by atoms with van der Waals surface area (Å²) in [6.07, 6.45) is 1.55. The molecule has 7 nitrogen and oxygen atoms in total. The van der Waals surface area contributed by atoms with Gasteiger partial charge in [0.15, 0.2) is 23.2 Å². The summed E-state index contributed by atoms with van der Waals surface area (Å²) >= 11 is 0. The van der Waals surface area contributed by atoms with Crippen LogP contribution in [0.25, 0.3) is 11.0 Å². The van der Waals surface area contributed by atoms with Crippen LogP contribution in [-0.4, -0.2) is 32.9 Å². The molecule has 2 atom stereocenters. The zero-order valence-corrected chi connectivity index (χ0v) is 16.3. The molecule has 0 saturated heterocycles. The van der Waals surface area contributed by atoms with Gasteiger partial charge in [0.1, 0.15) is 23.7 Å². The Labute approximate surface area is 167 Å². The summed E-state index contributed by atoms with van der Waals surface area (Å²) in [7, 11) is 3.13. The van der Waals surface area contributed by atoms with Gasteiger partial charge in [-0.1, -0.05) is 6.07 Å². The first-order valence-corrected chi connectivity index (χ1v) is 9.30. The van der Waals surface area contributed by atoms with Crippen LogP contribution in [0.4, 0.5) is 0 Å². The molecule has 0 bridgehead atoms. The van der Waals surface area contributed by atoms with Gasteiger partial charge in [0.05, 0.1) is 25.9 Å². The summed E-state index contributed by atoms with van der Waals surface area (Å²) in [6.45, 7) is 1.62. The van der Waals surface area contributed by atoms with Gasteiger partial charge < -0.3 is 28.1 Å². The highest BCUT2D eigenvalue weighted by Gasteiger charge is 2.54. The second kappa shape index (κ2) is 6.34. The second-order valence-electron chi connectivity index (χ2n) is 7.17. The fourth-order valence-corrected chi connectivity index (χ4v) is 4.30. The van der Waals surface area contributed by atoms with Crippen molar-refractivity contribution in [1.29, 1.82) is 0 Å². The molecule has 2 aliphatic rings. The minimum Gasteiger partial charge on any atom is -0.493 e. The lowest BCUT2D eigenvalue weighted by Gasteiger charge is -2.46. The average molecular weight is 396 g/mol. The summed E-state index contributed by atoms with van der Waals surface area (Å²) in [5, 5.41) is 0.886. The van der Waals surface area contributed by atoms with E-state index in [-0.39, 0.29) is 6.61 Å². The molecule has 0 amide bonds. The summed E-state index contributed by atoms with van der Waals surface area (Å²) in [4.78, 5) is 12.1. The van der Waals surface area contributed by atoms with E-state index >= 15 is 0 Å². The number of fused-ring (bicyclic) bond motifs is 6. The number of esters is 1. The van der Waals surface area contributed by atoms with Crippen LogP contribution in [0, 0.1) is 0 Å². The van der Waals surface area contributed by atoms with E-state index < -0.39 is 17.7 Å². The molecule has 29 heavy (non-hydrogen) atoms. The van der Waals surface area contributed by atoms with E-state index in [9.17, 15) is 4.79 Å². The number of hydrogen-bond donors (Lipinski definition) is 0. The largest absolute Gasteiger partial charge is 0.493 e. The Kier molecular flexibility index (Phi) is 3.87. The zero-order valence-electron chi connectivity index (χ0n) is 16.3. The van der Waals surface area contributed by atoms with Gasteiger partial charge in [-0.2, -0.15) is 0 Å². The van der Waals surface area contributed by atoms with Crippen molar-refractivity contribution in [3.8, 4) is 23.0 Å². The number of carbonyl (C=O) groups is 1. The van der Waals surface area contributed by atoms with E-state index in [1.807, 2.05) is 18.2 Å². The Morgan fingerprint density at radius 3 is 2.69 bits per heavy atom. The maximum atomic E-state index is 12.1. The molecular formula is C22H20O7. The highest BCUT2D eigenvalue weighted by Crippen LogP contribution is 2.52. The number of rotatable bonds is 3. The standard InChI is InChI=1S/C22H20O7/c1-12(23)29-22-10-13-4-5-16-14(6-7-26-16)21(13)28-20(22)11-27-17-9-19(25-3)18(24-2)8-15(17)22/h4-9,20H,10-11H2,1-3H3. The van der Waals surface area contributed by atoms with Gasteiger partial charge >= 0.3 is 5.97 Å². The average Bonchev–Trinajstić information content (AvgIpc) is 3.20. The zero-order chi connectivity index (χ0) is 20.2. The van der Waals surface area contributed by atoms with Gasteiger partial charge in [0.2, 0.25) is 0 Å². The number of methoxy groups -OCH3 is 2. The van der Waals surface area contributed by atoms with Gasteiger partial charge in [-0.3, -0.25) is 4.79 Å². The molecule has 3 aromatic rings. The Hall–Kier alpha value is -3.35. The molecule has 0 spiro atoms. The Balaban J connectivity index is 1.72. The maximum absolute atomic E-state index is 12.1. The minimum absolute atomic E-state index is 0.226. The number of hydrogen-bond acceptors (Lipinski definition) is 7. The number of ether oxygens (including phenoxy) is 5. The van der Waals surface area contributed by atoms with Crippen LogP contribution >= 0.6 is 0 Å². The molecule has 3 heterocycles. The summed E-state index contributed by atoms with van der Waals surface area (Å²) in [5.74, 6) is 1.99. The van der Waals surface area contributed by atoms with Crippen molar-refractivity contribution in [2.75, 3.05) is 20.8 Å². The molecule has 0 aliphatic carbocycles. The van der Waals surface area contributed by atoms with E-state index in [1.165, 1.54) is 6.92 Å². The van der Waals surface area contributed by atoms with Crippen molar-refractivity contribution in [3.63, 3.8) is 0 Å². The molecule has 7 heteroatoms. The molecule has 0 radical (unpaired) electrons. The van der Waals surface area contributed by atoms with Gasteiger partial charge in [-0.25, -0.2) is 0 Å². The fourth-order valence-electron chi connectivity index (χ4n) is 4.30. The molecule has 2 aromatic carbocycles. The van der Waals surface area contributed by atoms with Crippen LogP contribution in [0.2, 0.25) is 0 Å². The third-order valence-electron chi connectivity index (χ3n) is 5.56. The first-order valence-electron chi connectivity index (χ1n) is 9.30. The van der Waals surface area contributed by atoms with Crippen LogP contribution in [-0.2, 0) is 21.6 Å². The summed E-state index contributed by atoms with van der Waals surface area (Å²) in [6, 6.07) is 9.27. The minimum atomic E-state index is -1.04. The lowest BCUT2D eigenvalue weighted by Crippen LogP contribution is -2.55. The smallest absolute Gasteiger partial charge is 0.303 e. The highest BCUT2D eigenvalue weighted by atomic mass is 16.6. The second-order valence-corrected chi connectivity index (χ2v) is 7.17. The van der Waals surface area contributed by atoms with Gasteiger partial charge in [0, 0.05) is 25.0 Å². The number of furan rings is 1. The molecule has 2 unspecified atom stereocenters. The normalized spacial score (nSPS) is 21.8. The Morgan fingerprint density at radius 2 is 1.93 bits per heavy atom. The van der Waals surface area contributed by atoms with E-state index in [4.69, 9.17) is 28.1 Å². The van der Waals surface area contributed by atoms with Gasteiger partial charge in [-0.15, -0.1) is 0 Å². The van der Waals surface area contributed by atoms with Crippen LogP contribution in [0.1, 0.15) is 18.1 Å². The molecule has 2 aliphatic heterocycles. The van der Waals surface area contributed by atoms with Crippen molar-refractivity contribution >= 4 is 16.9 Å². The lowest BCUT2D eigenvalue weighted by atomic mass is 9.78. The molecule has 0 saturated carbocycles. The third kappa shape index (κ3) is 2.53. The molecule has 1 aromatic heterocycles. The SMILES string of the molecule is COc1cc2c(cc1OC)C1(OC(C)=O)Cc3ccc4occc4c3OC1CO2. The predicted molar refractivity (Wildman–Crippen MR) is 103 cm³/mol. The molecule has 5 rings (SSSR count). The summed E-state index contributed by atoms with van der Waals surface area (Å²) in [5.41, 5.74) is 1.33. The van der Waals surface area contributed by atoms with Crippen LogP contribution in [0.5, 0.6) is 23.0 Å². The molecule has 150 valence electrons.